The normalized spacial score (nSPS) is 20.8. The highest BCUT2D eigenvalue weighted by molar-refractivity contribution is 7.92. The Labute approximate surface area is 274 Å². The summed E-state index contributed by atoms with van der Waals surface area (Å²) < 4.78 is 41.8. The van der Waals surface area contributed by atoms with Crippen LogP contribution in [0.5, 0.6) is 5.75 Å². The predicted octanol–water partition coefficient (Wildman–Crippen LogP) is 5.72. The molecule has 250 valence electrons. The molecule has 3 aromatic rings. The number of likely N-dealkylation sites (N-methyl/N-ethyl adjacent to an activating group) is 1. The van der Waals surface area contributed by atoms with E-state index in [1.54, 1.807) is 48.2 Å². The fraction of sp³-hybridized carbons (Fsp3) is 0.472. The Bertz CT molecular complexity index is 1520. The molecular weight excluding hydrogens is 602 g/mol. The maximum atomic E-state index is 14.4. The van der Waals surface area contributed by atoms with Crippen molar-refractivity contribution >= 4 is 21.6 Å². The van der Waals surface area contributed by atoms with Crippen molar-refractivity contribution in [3.63, 3.8) is 0 Å². The molecule has 3 aromatic carbocycles. The molecule has 1 amide bonds. The topological polar surface area (TPSA) is 108 Å². The molecule has 0 spiro atoms. The largest absolute Gasteiger partial charge is 0.490 e. The van der Waals surface area contributed by atoms with Crippen molar-refractivity contribution in [3.05, 3.63) is 89.5 Å². The smallest absolute Gasteiger partial charge is 0.261 e. The summed E-state index contributed by atoms with van der Waals surface area (Å²) in [4.78, 5) is 18.4. The lowest BCUT2D eigenvalue weighted by atomic mass is 10.0. The average molecular weight is 652 g/mol. The molecule has 0 saturated carbocycles. The molecule has 2 N–H and O–H groups in total. The first-order chi connectivity index (χ1) is 22.0. The number of nitrogens with one attached hydrogen (secondary N) is 1. The molecule has 1 aliphatic rings. The zero-order chi connectivity index (χ0) is 33.3. The fourth-order valence-corrected chi connectivity index (χ4v) is 6.70. The van der Waals surface area contributed by atoms with Crippen LogP contribution in [0.2, 0.25) is 0 Å². The Kier molecular flexibility index (Phi) is 12.6. The zero-order valence-corrected chi connectivity index (χ0v) is 28.5. The molecule has 0 unspecified atom stereocenters. The van der Waals surface area contributed by atoms with Crippen molar-refractivity contribution in [3.8, 4) is 5.75 Å². The summed E-state index contributed by atoms with van der Waals surface area (Å²) >= 11 is 0. The number of ether oxygens (including phenoxy) is 2. The molecule has 1 heterocycles. The number of nitrogens with zero attached hydrogens (tertiary/aromatic N) is 2. The third kappa shape index (κ3) is 9.78. The number of amides is 1. The number of aryl methyl sites for hydroxylation is 1. The van der Waals surface area contributed by atoms with Gasteiger partial charge in [-0.3, -0.25) is 14.4 Å². The van der Waals surface area contributed by atoms with Crippen molar-refractivity contribution in [2.75, 3.05) is 38.1 Å². The lowest BCUT2D eigenvalue weighted by Crippen LogP contribution is -2.47. The van der Waals surface area contributed by atoms with Gasteiger partial charge in [0.05, 0.1) is 35.3 Å². The minimum absolute atomic E-state index is 0.0642. The highest BCUT2D eigenvalue weighted by atomic mass is 32.2. The Morgan fingerprint density at radius 1 is 1.04 bits per heavy atom. The van der Waals surface area contributed by atoms with Crippen LogP contribution >= 0.6 is 0 Å². The van der Waals surface area contributed by atoms with E-state index in [2.05, 4.69) is 35.7 Å². The summed E-state index contributed by atoms with van der Waals surface area (Å²) in [5.74, 6) is -0.0305. The quantitative estimate of drug-likeness (QED) is 0.305. The van der Waals surface area contributed by atoms with E-state index in [-0.39, 0.29) is 46.8 Å². The van der Waals surface area contributed by atoms with Gasteiger partial charge in [0.25, 0.3) is 15.9 Å². The molecule has 46 heavy (non-hydrogen) atoms. The Morgan fingerprint density at radius 2 is 1.76 bits per heavy atom. The number of hydrogen-bond donors (Lipinski definition) is 2. The van der Waals surface area contributed by atoms with E-state index >= 15 is 0 Å². The lowest BCUT2D eigenvalue weighted by molar-refractivity contribution is -0.0177. The van der Waals surface area contributed by atoms with Crippen LogP contribution in [-0.4, -0.2) is 80.8 Å². The van der Waals surface area contributed by atoms with Gasteiger partial charge in [-0.2, -0.15) is 0 Å². The second-order valence-corrected chi connectivity index (χ2v) is 14.3. The molecule has 0 radical (unpaired) electrons. The predicted molar refractivity (Wildman–Crippen MR) is 182 cm³/mol. The maximum absolute atomic E-state index is 14.4. The number of carbonyl (C=O) groups excluding carboxylic acids is 1. The highest BCUT2D eigenvalue weighted by Crippen LogP contribution is 2.29. The monoisotopic (exact) mass is 651 g/mol. The molecule has 0 aromatic heterocycles. The van der Waals surface area contributed by atoms with E-state index in [4.69, 9.17) is 9.47 Å². The fourth-order valence-electron chi connectivity index (χ4n) is 5.65. The Balaban J connectivity index is 1.64. The van der Waals surface area contributed by atoms with E-state index in [0.717, 1.165) is 31.4 Å². The van der Waals surface area contributed by atoms with Crippen molar-refractivity contribution in [2.24, 2.45) is 5.92 Å². The molecule has 10 heteroatoms. The number of hydrogen-bond acceptors (Lipinski definition) is 7. The summed E-state index contributed by atoms with van der Waals surface area (Å²) in [6.45, 7) is 9.88. The molecular formula is C36H49N3O6S. The van der Waals surface area contributed by atoms with E-state index in [1.807, 2.05) is 32.0 Å². The molecule has 0 fully saturated rings. The van der Waals surface area contributed by atoms with Gasteiger partial charge in [-0.1, -0.05) is 55.0 Å². The summed E-state index contributed by atoms with van der Waals surface area (Å²) in [5.41, 5.74) is 2.64. The van der Waals surface area contributed by atoms with Gasteiger partial charge in [0.2, 0.25) is 0 Å². The molecule has 1 aliphatic heterocycles. The number of benzene rings is 3. The number of aliphatic hydroxyl groups is 1. The highest BCUT2D eigenvalue weighted by Gasteiger charge is 2.30. The Hall–Kier alpha value is -3.44. The third-order valence-corrected chi connectivity index (χ3v) is 9.82. The van der Waals surface area contributed by atoms with E-state index in [0.29, 0.717) is 25.4 Å². The van der Waals surface area contributed by atoms with Crippen LogP contribution < -0.4 is 9.46 Å². The summed E-state index contributed by atoms with van der Waals surface area (Å²) in [6.07, 6.45) is 2.21. The summed E-state index contributed by atoms with van der Waals surface area (Å²) in [6, 6.07) is 21.2. The minimum Gasteiger partial charge on any atom is -0.490 e. The van der Waals surface area contributed by atoms with Crippen molar-refractivity contribution in [1.29, 1.82) is 0 Å². The number of fused-ring (bicyclic) bond motifs is 1. The number of carbonyl (C=O) groups is 1. The standard InChI is InChI=1S/C36H49N3O6S/c1-26-14-17-32(18-15-26)46(42,43)37-31-16-19-34-33(21-31)36(41)39(28(3)25-40)22-27(2)35(44-20-10-9-11-29(4)45-34)24-38(5)23-30-12-7-6-8-13-30/h6-8,12-19,21,27-29,35,37,40H,9-11,20,22-25H2,1-5H3/t27-,28-,29-,35+/m1/s1. The molecule has 0 saturated heterocycles. The van der Waals surface area contributed by atoms with Crippen LogP contribution in [0, 0.1) is 12.8 Å². The van der Waals surface area contributed by atoms with Gasteiger partial charge in [-0.05, 0) is 83.0 Å². The van der Waals surface area contributed by atoms with Crippen molar-refractivity contribution in [2.45, 2.75) is 76.6 Å². The van der Waals surface area contributed by atoms with Crippen LogP contribution in [0.1, 0.15) is 61.5 Å². The first-order valence-electron chi connectivity index (χ1n) is 16.1. The van der Waals surface area contributed by atoms with Gasteiger partial charge in [-0.15, -0.1) is 0 Å². The van der Waals surface area contributed by atoms with Crippen LogP contribution in [0.15, 0.2) is 77.7 Å². The summed E-state index contributed by atoms with van der Waals surface area (Å²) in [5, 5.41) is 10.2. The van der Waals surface area contributed by atoms with Gasteiger partial charge in [0.1, 0.15) is 5.75 Å². The third-order valence-electron chi connectivity index (χ3n) is 8.42. The van der Waals surface area contributed by atoms with Crippen molar-refractivity contribution in [1.82, 2.24) is 9.80 Å². The van der Waals surface area contributed by atoms with E-state index < -0.39 is 16.1 Å². The van der Waals surface area contributed by atoms with Crippen LogP contribution in [-0.2, 0) is 21.3 Å². The number of anilines is 1. The Morgan fingerprint density at radius 3 is 2.46 bits per heavy atom. The number of rotatable bonds is 9. The van der Waals surface area contributed by atoms with E-state index in [9.17, 15) is 18.3 Å². The average Bonchev–Trinajstić information content (AvgIpc) is 3.03. The second kappa shape index (κ2) is 16.4. The number of aliphatic hydroxyl groups excluding tert-OH is 1. The molecule has 4 atom stereocenters. The van der Waals surface area contributed by atoms with Gasteiger partial charge in [0.15, 0.2) is 0 Å². The van der Waals surface area contributed by atoms with Crippen LogP contribution in [0.25, 0.3) is 0 Å². The van der Waals surface area contributed by atoms with Gasteiger partial charge in [0, 0.05) is 37.8 Å². The molecule has 0 aliphatic carbocycles. The van der Waals surface area contributed by atoms with Gasteiger partial charge in [-0.25, -0.2) is 8.42 Å². The molecule has 4 rings (SSSR count). The van der Waals surface area contributed by atoms with E-state index in [1.165, 1.54) is 11.6 Å². The zero-order valence-electron chi connectivity index (χ0n) is 27.7. The maximum Gasteiger partial charge on any atom is 0.261 e. The second-order valence-electron chi connectivity index (χ2n) is 12.6. The summed E-state index contributed by atoms with van der Waals surface area (Å²) in [7, 11) is -1.82. The first-order valence-corrected chi connectivity index (χ1v) is 17.6. The minimum atomic E-state index is -3.90. The van der Waals surface area contributed by atoms with Crippen LogP contribution in [0.4, 0.5) is 5.69 Å². The number of sulfonamides is 1. The SMILES string of the molecule is Cc1ccc(S(=O)(=O)Nc2ccc3c(c2)C(=O)N([C@H](C)CO)C[C@@H](C)[C@H](CN(C)Cc2ccccc2)OCCCC[C@@H](C)O3)cc1. The molecule has 0 bridgehead atoms. The van der Waals surface area contributed by atoms with Gasteiger partial charge < -0.3 is 19.5 Å². The lowest BCUT2D eigenvalue weighted by Gasteiger charge is -2.36. The van der Waals surface area contributed by atoms with Crippen LogP contribution in [0.3, 0.4) is 0 Å². The van der Waals surface area contributed by atoms with Crippen molar-refractivity contribution < 1.29 is 27.8 Å². The first kappa shape index (κ1) is 35.4. The van der Waals surface area contributed by atoms with Gasteiger partial charge >= 0.3 is 0 Å². The molecule has 9 nitrogen and oxygen atoms in total.